The number of amides is 1. The van der Waals surface area contributed by atoms with Crippen LogP contribution >= 0.6 is 0 Å². The van der Waals surface area contributed by atoms with Gasteiger partial charge in [0.2, 0.25) is 5.91 Å². The Balaban J connectivity index is 2.20. The number of nitrogens with one attached hydrogen (secondary N) is 1. The van der Waals surface area contributed by atoms with Crippen LogP contribution in [0.5, 0.6) is 0 Å². The zero-order chi connectivity index (χ0) is 13.9. The van der Waals surface area contributed by atoms with Crippen LogP contribution in [0.25, 0.3) is 0 Å². The summed E-state index contributed by atoms with van der Waals surface area (Å²) in [7, 11) is 0. The van der Waals surface area contributed by atoms with E-state index in [2.05, 4.69) is 11.9 Å². The molecule has 0 atom stereocenters. The first-order valence-electron chi connectivity index (χ1n) is 6.25. The monoisotopic (exact) mass is 258 g/mol. The summed E-state index contributed by atoms with van der Waals surface area (Å²) in [5, 5.41) is 11.4. The fourth-order valence-corrected chi connectivity index (χ4v) is 1.46. The van der Waals surface area contributed by atoms with E-state index < -0.39 is 0 Å². The first kappa shape index (κ1) is 14.9. The van der Waals surface area contributed by atoms with Crippen molar-refractivity contribution in [3.05, 3.63) is 42.5 Å². The van der Waals surface area contributed by atoms with E-state index in [1.54, 1.807) is 30.3 Å². The van der Waals surface area contributed by atoms with E-state index in [-0.39, 0.29) is 5.91 Å². The van der Waals surface area contributed by atoms with Crippen LogP contribution in [0.15, 0.2) is 36.9 Å². The minimum Gasteiger partial charge on any atom is -0.381 e. The molecule has 0 aliphatic rings. The van der Waals surface area contributed by atoms with Crippen LogP contribution < -0.4 is 5.32 Å². The van der Waals surface area contributed by atoms with E-state index in [0.717, 1.165) is 6.42 Å². The molecule has 0 aromatic heterocycles. The van der Waals surface area contributed by atoms with E-state index in [0.29, 0.717) is 37.3 Å². The van der Waals surface area contributed by atoms with Crippen molar-refractivity contribution in [1.29, 1.82) is 5.26 Å². The molecule has 0 bridgehead atoms. The molecule has 1 rings (SSSR count). The van der Waals surface area contributed by atoms with Gasteiger partial charge in [-0.1, -0.05) is 6.08 Å². The van der Waals surface area contributed by atoms with E-state index in [9.17, 15) is 4.79 Å². The molecule has 0 saturated carbocycles. The molecular weight excluding hydrogens is 240 g/mol. The lowest BCUT2D eigenvalue weighted by atomic mass is 10.2. The number of rotatable bonds is 8. The molecule has 1 amide bonds. The van der Waals surface area contributed by atoms with E-state index >= 15 is 0 Å². The Hall–Kier alpha value is -2.12. The van der Waals surface area contributed by atoms with Gasteiger partial charge in [-0.2, -0.15) is 5.26 Å². The Morgan fingerprint density at radius 3 is 2.74 bits per heavy atom. The van der Waals surface area contributed by atoms with Crippen LogP contribution in [0.1, 0.15) is 24.8 Å². The standard InChI is InChI=1S/C15H18N2O2/c1-2-3-10-19-11-4-5-15(18)17-14-8-6-13(12-16)7-9-14/h2,6-9H,1,3-5,10-11H2,(H,17,18). The van der Waals surface area contributed by atoms with Crippen LogP contribution in [-0.4, -0.2) is 19.1 Å². The minimum atomic E-state index is -0.0444. The summed E-state index contributed by atoms with van der Waals surface area (Å²) >= 11 is 0. The molecule has 0 fully saturated rings. The second kappa shape index (κ2) is 8.90. The van der Waals surface area contributed by atoms with Crippen LogP contribution in [0.3, 0.4) is 0 Å². The predicted octanol–water partition coefficient (Wildman–Crippen LogP) is 2.87. The average molecular weight is 258 g/mol. The highest BCUT2D eigenvalue weighted by molar-refractivity contribution is 5.90. The lowest BCUT2D eigenvalue weighted by Gasteiger charge is -2.05. The van der Waals surface area contributed by atoms with Gasteiger partial charge >= 0.3 is 0 Å². The summed E-state index contributed by atoms with van der Waals surface area (Å²) in [6, 6.07) is 8.82. The molecule has 0 aliphatic heterocycles. The fourth-order valence-electron chi connectivity index (χ4n) is 1.46. The van der Waals surface area contributed by atoms with Gasteiger partial charge in [0.05, 0.1) is 11.6 Å². The van der Waals surface area contributed by atoms with Gasteiger partial charge in [-0.3, -0.25) is 4.79 Å². The maximum atomic E-state index is 11.6. The summed E-state index contributed by atoms with van der Waals surface area (Å²) in [5.41, 5.74) is 1.28. The van der Waals surface area contributed by atoms with Crippen molar-refractivity contribution in [3.8, 4) is 6.07 Å². The van der Waals surface area contributed by atoms with Crippen LogP contribution in [0, 0.1) is 11.3 Å². The third-order valence-electron chi connectivity index (χ3n) is 2.46. The SMILES string of the molecule is C=CCCOCCCC(=O)Nc1ccc(C#N)cc1. The number of benzene rings is 1. The summed E-state index contributed by atoms with van der Waals surface area (Å²) in [5.74, 6) is -0.0444. The van der Waals surface area contributed by atoms with Crippen molar-refractivity contribution in [2.75, 3.05) is 18.5 Å². The van der Waals surface area contributed by atoms with E-state index in [1.165, 1.54) is 0 Å². The largest absolute Gasteiger partial charge is 0.381 e. The van der Waals surface area contributed by atoms with Gasteiger partial charge in [-0.15, -0.1) is 6.58 Å². The lowest BCUT2D eigenvalue weighted by Crippen LogP contribution is -2.12. The molecule has 0 aliphatic carbocycles. The Morgan fingerprint density at radius 1 is 1.37 bits per heavy atom. The molecule has 4 heteroatoms. The molecule has 1 N–H and O–H groups in total. The summed E-state index contributed by atoms with van der Waals surface area (Å²) in [6.45, 7) is 4.83. The molecule has 0 saturated heterocycles. The van der Waals surface area contributed by atoms with Crippen molar-refractivity contribution in [1.82, 2.24) is 0 Å². The molecular formula is C15H18N2O2. The van der Waals surface area contributed by atoms with Gasteiger partial charge in [0.1, 0.15) is 0 Å². The van der Waals surface area contributed by atoms with Gasteiger partial charge in [-0.25, -0.2) is 0 Å². The first-order chi connectivity index (χ1) is 9.26. The Morgan fingerprint density at radius 2 is 2.11 bits per heavy atom. The number of carbonyl (C=O) groups excluding carboxylic acids is 1. The zero-order valence-electron chi connectivity index (χ0n) is 10.9. The van der Waals surface area contributed by atoms with Gasteiger partial charge < -0.3 is 10.1 Å². The second-order valence-electron chi connectivity index (χ2n) is 4.03. The van der Waals surface area contributed by atoms with Crippen molar-refractivity contribution in [2.24, 2.45) is 0 Å². The lowest BCUT2D eigenvalue weighted by molar-refractivity contribution is -0.116. The summed E-state index contributed by atoms with van der Waals surface area (Å²) in [4.78, 5) is 11.6. The number of anilines is 1. The fraction of sp³-hybridized carbons (Fsp3) is 0.333. The Labute approximate surface area is 113 Å². The summed E-state index contributed by atoms with van der Waals surface area (Å²) in [6.07, 6.45) is 3.75. The van der Waals surface area contributed by atoms with Crippen molar-refractivity contribution in [2.45, 2.75) is 19.3 Å². The highest BCUT2D eigenvalue weighted by Gasteiger charge is 2.02. The number of carbonyl (C=O) groups is 1. The quantitative estimate of drug-likeness (QED) is 0.576. The number of nitriles is 1. The minimum absolute atomic E-state index is 0.0444. The molecule has 4 nitrogen and oxygen atoms in total. The topological polar surface area (TPSA) is 62.1 Å². The molecule has 100 valence electrons. The average Bonchev–Trinajstić information content (AvgIpc) is 2.43. The van der Waals surface area contributed by atoms with Crippen molar-refractivity contribution < 1.29 is 9.53 Å². The van der Waals surface area contributed by atoms with E-state index in [1.807, 2.05) is 6.07 Å². The number of hydrogen-bond acceptors (Lipinski definition) is 3. The maximum absolute atomic E-state index is 11.6. The number of nitrogens with zero attached hydrogens (tertiary/aromatic N) is 1. The van der Waals surface area contributed by atoms with Crippen LogP contribution in [-0.2, 0) is 9.53 Å². The van der Waals surface area contributed by atoms with Crippen LogP contribution in [0.2, 0.25) is 0 Å². The smallest absolute Gasteiger partial charge is 0.224 e. The molecule has 0 heterocycles. The van der Waals surface area contributed by atoms with Crippen molar-refractivity contribution >= 4 is 11.6 Å². The number of hydrogen-bond donors (Lipinski definition) is 1. The number of ether oxygens (including phenoxy) is 1. The van der Waals surface area contributed by atoms with Gasteiger partial charge in [-0.05, 0) is 37.1 Å². The zero-order valence-corrected chi connectivity index (χ0v) is 10.9. The molecule has 0 unspecified atom stereocenters. The Bertz CT molecular complexity index is 446. The summed E-state index contributed by atoms with van der Waals surface area (Å²) < 4.78 is 5.32. The molecule has 0 radical (unpaired) electrons. The third-order valence-corrected chi connectivity index (χ3v) is 2.46. The molecule has 0 spiro atoms. The van der Waals surface area contributed by atoms with Gasteiger partial charge in [0.25, 0.3) is 0 Å². The highest BCUT2D eigenvalue weighted by Crippen LogP contribution is 2.09. The van der Waals surface area contributed by atoms with Crippen molar-refractivity contribution in [3.63, 3.8) is 0 Å². The van der Waals surface area contributed by atoms with E-state index in [4.69, 9.17) is 10.00 Å². The Kier molecular flexibility index (Phi) is 7.00. The van der Waals surface area contributed by atoms with Gasteiger partial charge in [0.15, 0.2) is 0 Å². The molecule has 1 aromatic rings. The van der Waals surface area contributed by atoms with Gasteiger partial charge in [0, 0.05) is 25.3 Å². The van der Waals surface area contributed by atoms with Crippen LogP contribution in [0.4, 0.5) is 5.69 Å². The second-order valence-corrected chi connectivity index (χ2v) is 4.03. The first-order valence-corrected chi connectivity index (χ1v) is 6.25. The molecule has 1 aromatic carbocycles. The highest BCUT2D eigenvalue weighted by atomic mass is 16.5. The predicted molar refractivity (Wildman–Crippen MR) is 74.7 cm³/mol. The third kappa shape index (κ3) is 6.39. The maximum Gasteiger partial charge on any atom is 0.224 e. The normalized spacial score (nSPS) is 9.63. The molecule has 19 heavy (non-hydrogen) atoms.